The first kappa shape index (κ1) is 30.4. The Hall–Kier alpha value is -2.60. The van der Waals surface area contributed by atoms with E-state index >= 15 is 0 Å². The Kier molecular flexibility index (Phi) is 8.29. The molecule has 2 spiro atoms. The van der Waals surface area contributed by atoms with Crippen molar-refractivity contribution in [1.82, 2.24) is 18.9 Å². The number of urea groups is 1. The summed E-state index contributed by atoms with van der Waals surface area (Å²) in [6.45, 7) is 4.22. The van der Waals surface area contributed by atoms with E-state index in [-0.39, 0.29) is 40.8 Å². The molecule has 3 amide bonds. The highest BCUT2D eigenvalue weighted by Crippen LogP contribution is 2.62. The summed E-state index contributed by atoms with van der Waals surface area (Å²) >= 11 is 1.39. The van der Waals surface area contributed by atoms with Gasteiger partial charge in [0.15, 0.2) is 0 Å². The number of likely N-dealkylation sites (N-methyl/N-ethyl adjacent to an activating group) is 1. The third-order valence-electron chi connectivity index (χ3n) is 10.9. The molecule has 43 heavy (non-hydrogen) atoms. The maximum absolute atomic E-state index is 13.9. The van der Waals surface area contributed by atoms with Crippen LogP contribution in [0.25, 0.3) is 0 Å². The molecular formula is C31H45N5O6S. The number of aromatic hydroxyl groups is 1. The van der Waals surface area contributed by atoms with Gasteiger partial charge in [-0.05, 0) is 74.9 Å². The number of hydrogen-bond acceptors (Lipinski definition) is 8. The van der Waals surface area contributed by atoms with E-state index in [0.29, 0.717) is 68.7 Å². The van der Waals surface area contributed by atoms with E-state index in [2.05, 4.69) is 4.99 Å². The lowest BCUT2D eigenvalue weighted by Crippen LogP contribution is -2.64. The molecule has 1 N–H and O–H groups in total. The zero-order valence-electron chi connectivity index (χ0n) is 25.7. The van der Waals surface area contributed by atoms with Gasteiger partial charge in [0.05, 0.1) is 6.61 Å². The Labute approximate surface area is 256 Å². The number of ether oxygens (including phenoxy) is 1. The van der Waals surface area contributed by atoms with Crippen LogP contribution in [0.4, 0.5) is 4.79 Å². The van der Waals surface area contributed by atoms with Crippen LogP contribution in [0.5, 0.6) is 5.88 Å². The van der Waals surface area contributed by atoms with Crippen molar-refractivity contribution in [2.24, 2.45) is 22.2 Å². The fraction of sp³-hybridized carbons (Fsp3) is 0.774. The molecule has 236 valence electrons. The Balaban J connectivity index is 1.25. The Morgan fingerprint density at radius 3 is 2.33 bits per heavy atom. The molecule has 3 heterocycles. The van der Waals surface area contributed by atoms with Crippen molar-refractivity contribution in [3.63, 3.8) is 0 Å². The van der Waals surface area contributed by atoms with Gasteiger partial charge in [0.1, 0.15) is 16.1 Å². The molecule has 1 aromatic heterocycles. The number of imide groups is 1. The molecule has 5 fully saturated rings. The Bertz CT molecular complexity index is 1410. The summed E-state index contributed by atoms with van der Waals surface area (Å²) < 4.78 is 8.34. The molecule has 0 unspecified atom stereocenters. The first-order chi connectivity index (χ1) is 20.6. The van der Waals surface area contributed by atoms with Gasteiger partial charge in [-0.3, -0.25) is 28.6 Å². The number of hydrogen-bond donors (Lipinski definition) is 1. The second-order valence-electron chi connectivity index (χ2n) is 13.5. The number of aromatic nitrogens is 2. The van der Waals surface area contributed by atoms with Crippen LogP contribution in [0.3, 0.4) is 0 Å². The van der Waals surface area contributed by atoms with Gasteiger partial charge in [-0.1, -0.05) is 19.8 Å². The topological polar surface area (TPSA) is 126 Å². The number of aliphatic imine (C=N–C) groups is 1. The van der Waals surface area contributed by atoms with Crippen LogP contribution in [-0.2, 0) is 16.1 Å². The maximum atomic E-state index is 13.9. The molecule has 0 aromatic carbocycles. The van der Waals surface area contributed by atoms with Crippen LogP contribution in [0, 0.1) is 17.3 Å². The average molecular weight is 616 g/mol. The zero-order valence-corrected chi connectivity index (χ0v) is 26.5. The normalized spacial score (nSPS) is 31.7. The lowest BCUT2D eigenvalue weighted by atomic mass is 9.51. The van der Waals surface area contributed by atoms with E-state index in [1.54, 1.807) is 14.1 Å². The predicted octanol–water partition coefficient (Wildman–Crippen LogP) is 3.60. The molecule has 5 aliphatic rings. The van der Waals surface area contributed by atoms with Crippen molar-refractivity contribution in [3.05, 3.63) is 26.4 Å². The lowest BCUT2D eigenvalue weighted by Gasteiger charge is -2.58. The number of amides is 3. The monoisotopic (exact) mass is 615 g/mol. The second-order valence-corrected chi connectivity index (χ2v) is 14.7. The van der Waals surface area contributed by atoms with Crippen LogP contribution in [0.15, 0.2) is 14.6 Å². The molecule has 2 saturated heterocycles. The van der Waals surface area contributed by atoms with E-state index in [9.17, 15) is 24.3 Å². The minimum absolute atomic E-state index is 0.0949. The number of carbonyl (C=O) groups excluding carboxylic acids is 2. The highest BCUT2D eigenvalue weighted by Gasteiger charge is 2.68. The third kappa shape index (κ3) is 5.06. The van der Waals surface area contributed by atoms with Crippen LogP contribution in [0.2, 0.25) is 0 Å². The molecule has 3 aliphatic carbocycles. The van der Waals surface area contributed by atoms with E-state index in [1.165, 1.54) is 25.8 Å². The molecule has 1 aromatic rings. The summed E-state index contributed by atoms with van der Waals surface area (Å²) in [7, 11) is 3.19. The van der Waals surface area contributed by atoms with Gasteiger partial charge in [0, 0.05) is 45.8 Å². The fourth-order valence-corrected chi connectivity index (χ4v) is 9.37. The summed E-state index contributed by atoms with van der Waals surface area (Å²) in [5.41, 5.74) is -1.67. The summed E-state index contributed by atoms with van der Waals surface area (Å²) in [5, 5.41) is 11.7. The van der Waals surface area contributed by atoms with Gasteiger partial charge in [0.25, 0.3) is 11.5 Å². The van der Waals surface area contributed by atoms with Crippen LogP contribution >= 0.6 is 11.8 Å². The van der Waals surface area contributed by atoms with Gasteiger partial charge in [0.2, 0.25) is 5.88 Å². The van der Waals surface area contributed by atoms with E-state index < -0.39 is 16.8 Å². The number of rotatable bonds is 7. The largest absolute Gasteiger partial charge is 0.494 e. The van der Waals surface area contributed by atoms with Crippen molar-refractivity contribution in [3.8, 4) is 5.88 Å². The Morgan fingerprint density at radius 2 is 1.72 bits per heavy atom. The van der Waals surface area contributed by atoms with Crippen molar-refractivity contribution >= 4 is 28.7 Å². The summed E-state index contributed by atoms with van der Waals surface area (Å²) in [6.07, 6.45) is 9.19. The van der Waals surface area contributed by atoms with Crippen molar-refractivity contribution in [2.75, 3.05) is 39.6 Å². The molecule has 11 nitrogen and oxygen atoms in total. The molecule has 3 saturated carbocycles. The fourth-order valence-electron chi connectivity index (χ4n) is 8.64. The SMILES string of the molecule is CCSC(=NC)c1c(O)n(CC2CCCC2)c(=O)n(C2CCC3(CC2)CC2(C3)C(=O)N(C)C(=O)N2C[C@@H]2CCOC2)c1=O. The van der Waals surface area contributed by atoms with Gasteiger partial charge in [-0.2, -0.15) is 0 Å². The van der Waals surface area contributed by atoms with Crippen LogP contribution in [-0.4, -0.2) is 86.2 Å². The molecule has 1 atom stereocenters. The van der Waals surface area contributed by atoms with Gasteiger partial charge >= 0.3 is 11.7 Å². The zero-order chi connectivity index (χ0) is 30.5. The summed E-state index contributed by atoms with van der Waals surface area (Å²) in [4.78, 5) is 61.8. The number of thioether (sulfide) groups is 1. The average Bonchev–Trinajstić information content (AvgIpc) is 3.73. The predicted molar refractivity (Wildman–Crippen MR) is 165 cm³/mol. The molecular weight excluding hydrogens is 570 g/mol. The van der Waals surface area contributed by atoms with Gasteiger partial charge in [-0.25, -0.2) is 9.59 Å². The molecule has 0 radical (unpaired) electrons. The third-order valence-corrected chi connectivity index (χ3v) is 11.8. The van der Waals surface area contributed by atoms with E-state index in [1.807, 2.05) is 11.8 Å². The minimum Gasteiger partial charge on any atom is -0.494 e. The smallest absolute Gasteiger partial charge is 0.334 e. The summed E-state index contributed by atoms with van der Waals surface area (Å²) in [6, 6.07) is -0.513. The highest BCUT2D eigenvalue weighted by atomic mass is 32.2. The highest BCUT2D eigenvalue weighted by molar-refractivity contribution is 8.14. The first-order valence-electron chi connectivity index (χ1n) is 16.0. The van der Waals surface area contributed by atoms with Gasteiger partial charge < -0.3 is 14.7 Å². The first-order valence-corrected chi connectivity index (χ1v) is 17.0. The molecule has 6 rings (SSSR count). The Morgan fingerprint density at radius 1 is 1.02 bits per heavy atom. The second kappa shape index (κ2) is 11.7. The van der Waals surface area contributed by atoms with Crippen molar-refractivity contribution in [2.45, 2.75) is 95.7 Å². The maximum Gasteiger partial charge on any atom is 0.334 e. The molecule has 2 aliphatic heterocycles. The minimum atomic E-state index is -0.790. The van der Waals surface area contributed by atoms with Crippen LogP contribution in [0.1, 0.15) is 89.2 Å². The van der Waals surface area contributed by atoms with Crippen molar-refractivity contribution < 1.29 is 19.4 Å². The lowest BCUT2D eigenvalue weighted by molar-refractivity contribution is -0.150. The number of nitrogens with zero attached hydrogens (tertiary/aromatic N) is 5. The van der Waals surface area contributed by atoms with Gasteiger partial charge in [-0.15, -0.1) is 11.8 Å². The number of carbonyl (C=O) groups is 2. The molecule has 0 bridgehead atoms. The standard InChI is InChI=1S/C31H45N5O6S/c1-4-43-24(32-2)23-25(37)34(15-20-7-5-6-8-20)29(41)36(26(23)38)22-9-12-30(13-10-22)18-31(19-30)27(39)33(3)28(40)35(31)16-21-11-14-42-17-21/h20-22,37H,4-19H2,1-3H3/t21-,22?,30?,31?/m0/s1. The van der Waals surface area contributed by atoms with Crippen molar-refractivity contribution in [1.29, 1.82) is 0 Å². The van der Waals surface area contributed by atoms with Crippen LogP contribution < -0.4 is 11.2 Å². The van der Waals surface area contributed by atoms with E-state index in [0.717, 1.165) is 44.9 Å². The van der Waals surface area contributed by atoms with E-state index in [4.69, 9.17) is 4.74 Å². The quantitative estimate of drug-likeness (QED) is 0.282. The summed E-state index contributed by atoms with van der Waals surface area (Å²) in [5.74, 6) is 0.846. The molecule has 12 heteroatoms.